The fraction of sp³-hybridized carbons (Fsp3) is 0.650. The molecule has 3 rings (SSSR count). The molecular weight excluding hydrogens is 482 g/mol. The monoisotopic (exact) mass is 508 g/mol. The predicted molar refractivity (Wildman–Crippen MR) is 113 cm³/mol. The van der Waals surface area contributed by atoms with E-state index in [9.17, 15) is 22.0 Å². The van der Waals surface area contributed by atoms with Gasteiger partial charge < -0.3 is 9.64 Å². The van der Waals surface area contributed by atoms with Crippen LogP contribution in [0, 0.1) is 5.82 Å². The minimum atomic E-state index is -4.21. The third kappa shape index (κ3) is 5.13. The molecule has 0 bridgehead atoms. The van der Waals surface area contributed by atoms with Crippen molar-refractivity contribution in [1.29, 1.82) is 0 Å². The number of sulfonamides is 1. The van der Waals surface area contributed by atoms with Gasteiger partial charge >= 0.3 is 6.09 Å². The van der Waals surface area contributed by atoms with Crippen LogP contribution in [0.5, 0.6) is 0 Å². The molecular formula is C20H27BrF2N2O4S. The highest BCUT2D eigenvalue weighted by molar-refractivity contribution is 9.10. The van der Waals surface area contributed by atoms with Gasteiger partial charge in [-0.25, -0.2) is 26.7 Å². The van der Waals surface area contributed by atoms with Crippen molar-refractivity contribution in [1.82, 2.24) is 9.62 Å². The lowest BCUT2D eigenvalue weighted by molar-refractivity contribution is 0.00575. The number of likely N-dealkylation sites (tertiary alicyclic amines) is 1. The Morgan fingerprint density at radius 3 is 2.63 bits per heavy atom. The topological polar surface area (TPSA) is 75.7 Å². The summed E-state index contributed by atoms with van der Waals surface area (Å²) < 4.78 is 62.2. The van der Waals surface area contributed by atoms with Gasteiger partial charge in [0, 0.05) is 25.4 Å². The van der Waals surface area contributed by atoms with Crippen LogP contribution >= 0.6 is 15.9 Å². The molecule has 0 radical (unpaired) electrons. The van der Waals surface area contributed by atoms with Crippen molar-refractivity contribution in [2.45, 2.75) is 75.6 Å². The second-order valence-electron chi connectivity index (χ2n) is 8.91. The second-order valence-corrected chi connectivity index (χ2v) is 11.7. The number of hydrogen-bond acceptors (Lipinski definition) is 4. The first-order valence-electron chi connectivity index (χ1n) is 9.96. The molecule has 2 fully saturated rings. The summed E-state index contributed by atoms with van der Waals surface area (Å²) in [6, 6.07) is 3.36. The average Bonchev–Trinajstić information content (AvgIpc) is 3.38. The quantitative estimate of drug-likeness (QED) is 0.643. The van der Waals surface area contributed by atoms with Crippen LogP contribution in [0.2, 0.25) is 0 Å². The highest BCUT2D eigenvalue weighted by Crippen LogP contribution is 2.44. The molecule has 6 nitrogen and oxygen atoms in total. The van der Waals surface area contributed by atoms with E-state index >= 15 is 0 Å². The van der Waals surface area contributed by atoms with Crippen molar-refractivity contribution in [2.24, 2.45) is 0 Å². The fourth-order valence-electron chi connectivity index (χ4n) is 3.60. The number of alkyl halides is 1. The molecule has 1 amide bonds. The number of amides is 1. The van der Waals surface area contributed by atoms with Crippen LogP contribution in [0.4, 0.5) is 13.6 Å². The summed E-state index contributed by atoms with van der Waals surface area (Å²) in [5, 5.41) is -2.26. The Labute approximate surface area is 184 Å². The summed E-state index contributed by atoms with van der Waals surface area (Å²) in [6.45, 7) is 5.54. The molecule has 2 aliphatic rings. The zero-order chi connectivity index (χ0) is 22.3. The minimum absolute atomic E-state index is 0.0459. The van der Waals surface area contributed by atoms with Crippen molar-refractivity contribution in [3.63, 3.8) is 0 Å². The lowest BCUT2D eigenvalue weighted by Gasteiger charge is -2.42. The molecule has 1 saturated heterocycles. The number of nitrogens with zero attached hydrogens (tertiary/aromatic N) is 1. The first-order chi connectivity index (χ1) is 13.8. The molecule has 0 unspecified atom stereocenters. The Hall–Kier alpha value is -1.26. The van der Waals surface area contributed by atoms with E-state index < -0.39 is 44.6 Å². The number of benzene rings is 1. The first kappa shape index (κ1) is 23.4. The van der Waals surface area contributed by atoms with E-state index in [-0.39, 0.29) is 23.7 Å². The van der Waals surface area contributed by atoms with E-state index in [1.807, 2.05) is 0 Å². The summed E-state index contributed by atoms with van der Waals surface area (Å²) in [6.07, 6.45) is 0.300. The van der Waals surface area contributed by atoms with Gasteiger partial charge in [-0.1, -0.05) is 12.1 Å². The van der Waals surface area contributed by atoms with Crippen molar-refractivity contribution in [3.05, 3.63) is 34.1 Å². The minimum Gasteiger partial charge on any atom is -0.444 e. The van der Waals surface area contributed by atoms with Crippen LogP contribution < -0.4 is 4.72 Å². The largest absolute Gasteiger partial charge is 0.444 e. The maximum atomic E-state index is 14.6. The molecule has 30 heavy (non-hydrogen) atoms. The van der Waals surface area contributed by atoms with Crippen LogP contribution in [0.15, 0.2) is 22.7 Å². The number of hydrogen-bond donors (Lipinski definition) is 1. The summed E-state index contributed by atoms with van der Waals surface area (Å²) in [5.41, 5.74) is -0.415. The van der Waals surface area contributed by atoms with Gasteiger partial charge in [0.2, 0.25) is 15.0 Å². The molecule has 1 heterocycles. The zero-order valence-electron chi connectivity index (χ0n) is 17.3. The van der Waals surface area contributed by atoms with E-state index in [0.29, 0.717) is 24.9 Å². The lowest BCUT2D eigenvalue weighted by atomic mass is 9.91. The maximum Gasteiger partial charge on any atom is 0.410 e. The number of rotatable bonds is 5. The SMILES string of the molecule is CC(C)(C)OC(=O)N1CCC[C@H](NS(=O)(=O)C2(F)CC2)[C@@H]1Cc1cccc(Br)c1F. The third-order valence-corrected chi connectivity index (χ3v) is 7.90. The molecule has 0 aromatic heterocycles. The van der Waals surface area contributed by atoms with Crippen LogP contribution in [0.1, 0.15) is 52.0 Å². The van der Waals surface area contributed by atoms with Gasteiger partial charge in [-0.2, -0.15) is 0 Å². The van der Waals surface area contributed by atoms with Gasteiger partial charge in [0.1, 0.15) is 11.4 Å². The lowest BCUT2D eigenvalue weighted by Crippen LogP contribution is -2.59. The van der Waals surface area contributed by atoms with E-state index in [4.69, 9.17) is 4.74 Å². The molecule has 10 heteroatoms. The van der Waals surface area contributed by atoms with Gasteiger partial charge in [-0.05, 0) is 67.6 Å². The molecule has 0 spiro atoms. The number of carbonyl (C=O) groups excluding carboxylic acids is 1. The molecule has 1 saturated carbocycles. The molecule has 1 aliphatic heterocycles. The van der Waals surface area contributed by atoms with Gasteiger partial charge in [0.25, 0.3) is 0 Å². The zero-order valence-corrected chi connectivity index (χ0v) is 19.7. The fourth-order valence-corrected chi connectivity index (χ4v) is 5.53. The first-order valence-corrected chi connectivity index (χ1v) is 12.2. The summed E-state index contributed by atoms with van der Waals surface area (Å²) in [7, 11) is -4.21. The Morgan fingerprint density at radius 2 is 2.03 bits per heavy atom. The molecule has 1 aliphatic carbocycles. The Balaban J connectivity index is 1.91. The molecule has 1 aromatic carbocycles. The van der Waals surface area contributed by atoms with Crippen molar-refractivity contribution >= 4 is 32.0 Å². The van der Waals surface area contributed by atoms with E-state index in [1.165, 1.54) is 4.90 Å². The number of piperidine rings is 1. The second kappa shape index (κ2) is 8.35. The predicted octanol–water partition coefficient (Wildman–Crippen LogP) is 4.28. The third-order valence-electron chi connectivity index (χ3n) is 5.30. The highest BCUT2D eigenvalue weighted by Gasteiger charge is 2.57. The summed E-state index contributed by atoms with van der Waals surface area (Å²) in [5.74, 6) is -0.474. The van der Waals surface area contributed by atoms with Crippen LogP contribution in [-0.4, -0.2) is 48.6 Å². The Morgan fingerprint density at radius 1 is 1.37 bits per heavy atom. The smallest absolute Gasteiger partial charge is 0.410 e. The number of halogens is 3. The molecule has 1 aromatic rings. The van der Waals surface area contributed by atoms with Gasteiger partial charge in [0.05, 0.1) is 10.5 Å². The normalized spacial score (nSPS) is 23.9. The van der Waals surface area contributed by atoms with Gasteiger partial charge in [-0.15, -0.1) is 0 Å². The average molecular weight is 509 g/mol. The van der Waals surface area contributed by atoms with Gasteiger partial charge in [0.15, 0.2) is 0 Å². The van der Waals surface area contributed by atoms with Crippen LogP contribution in [-0.2, 0) is 21.2 Å². The molecule has 2 atom stereocenters. The number of carbonyl (C=O) groups is 1. The molecule has 1 N–H and O–H groups in total. The van der Waals surface area contributed by atoms with Gasteiger partial charge in [-0.3, -0.25) is 0 Å². The summed E-state index contributed by atoms with van der Waals surface area (Å²) >= 11 is 3.15. The van der Waals surface area contributed by atoms with E-state index in [0.717, 1.165) is 0 Å². The van der Waals surface area contributed by atoms with E-state index in [2.05, 4.69) is 20.7 Å². The summed E-state index contributed by atoms with van der Waals surface area (Å²) in [4.78, 5) is 14.3. The molecule has 168 valence electrons. The number of nitrogens with one attached hydrogen (secondary N) is 1. The number of ether oxygens (including phenoxy) is 1. The standard InChI is InChI=1S/C20H27BrF2N2O4S/c1-19(2,3)29-18(26)25-11-5-8-15(24-30(27,28)20(23)9-10-20)16(25)12-13-6-4-7-14(21)17(13)22/h4,6-7,15-16,24H,5,8-12H2,1-3H3/t15-,16-/m0/s1. The Kier molecular flexibility index (Phi) is 6.51. The maximum absolute atomic E-state index is 14.6. The van der Waals surface area contributed by atoms with Crippen molar-refractivity contribution in [3.8, 4) is 0 Å². The van der Waals surface area contributed by atoms with Crippen LogP contribution in [0.3, 0.4) is 0 Å². The van der Waals surface area contributed by atoms with E-state index in [1.54, 1.807) is 39.0 Å². The Bertz CT molecular complexity index is 916. The van der Waals surface area contributed by atoms with Crippen molar-refractivity contribution < 1.29 is 26.7 Å². The van der Waals surface area contributed by atoms with Crippen molar-refractivity contribution in [2.75, 3.05) is 6.54 Å². The van der Waals surface area contributed by atoms with Crippen LogP contribution in [0.25, 0.3) is 0 Å². The highest BCUT2D eigenvalue weighted by atomic mass is 79.9.